The van der Waals surface area contributed by atoms with Gasteiger partial charge in [-0.2, -0.15) is 5.26 Å². The van der Waals surface area contributed by atoms with E-state index in [1.807, 2.05) is 55.8 Å². The van der Waals surface area contributed by atoms with Crippen LogP contribution in [0.1, 0.15) is 39.8 Å². The Bertz CT molecular complexity index is 1840. The third-order valence-corrected chi connectivity index (χ3v) is 7.58. The SMILES string of the molecule is Cc1cc2c(-c3ccc4cnc(CNC(=O)c5ccc6c(c5)C(C)(C#N)COC6)cc4n3)ccc(F)c2n1C. The molecule has 3 aromatic heterocycles. The van der Waals surface area contributed by atoms with Gasteiger partial charge in [0.25, 0.3) is 5.91 Å². The van der Waals surface area contributed by atoms with Crippen LogP contribution in [0.4, 0.5) is 4.39 Å². The van der Waals surface area contributed by atoms with Crippen molar-refractivity contribution in [2.45, 2.75) is 32.4 Å². The lowest BCUT2D eigenvalue weighted by atomic mass is 9.79. The van der Waals surface area contributed by atoms with Crippen molar-refractivity contribution in [1.82, 2.24) is 19.9 Å². The maximum Gasteiger partial charge on any atom is 0.251 e. The van der Waals surface area contributed by atoms with Gasteiger partial charge in [-0.1, -0.05) is 6.07 Å². The Morgan fingerprint density at radius 3 is 2.87 bits per heavy atom. The molecule has 8 heteroatoms. The number of carbonyl (C=O) groups is 1. The summed E-state index contributed by atoms with van der Waals surface area (Å²) in [6.45, 7) is 4.71. The van der Waals surface area contributed by atoms with E-state index >= 15 is 0 Å². The van der Waals surface area contributed by atoms with Crippen LogP contribution in [-0.4, -0.2) is 27.0 Å². The molecule has 5 aromatic rings. The van der Waals surface area contributed by atoms with E-state index in [2.05, 4.69) is 16.4 Å². The van der Waals surface area contributed by atoms with E-state index in [0.29, 0.717) is 30.0 Å². The van der Waals surface area contributed by atoms with E-state index in [1.165, 1.54) is 6.07 Å². The van der Waals surface area contributed by atoms with E-state index in [0.717, 1.165) is 44.4 Å². The van der Waals surface area contributed by atoms with Gasteiger partial charge in [-0.05, 0) is 73.5 Å². The Labute approximate surface area is 224 Å². The van der Waals surface area contributed by atoms with Crippen molar-refractivity contribution in [3.63, 3.8) is 0 Å². The van der Waals surface area contributed by atoms with Crippen LogP contribution in [0.3, 0.4) is 0 Å². The minimum Gasteiger partial charge on any atom is -0.375 e. The fourth-order valence-electron chi connectivity index (χ4n) is 5.24. The highest BCUT2D eigenvalue weighted by atomic mass is 19.1. The molecule has 0 spiro atoms. The maximum atomic E-state index is 14.6. The first-order chi connectivity index (χ1) is 18.8. The van der Waals surface area contributed by atoms with Crippen LogP contribution in [0.2, 0.25) is 0 Å². The number of nitrogens with zero attached hydrogens (tertiary/aromatic N) is 4. The number of benzene rings is 2. The highest BCUT2D eigenvalue weighted by molar-refractivity contribution is 5.97. The molecule has 4 heterocycles. The van der Waals surface area contributed by atoms with Crippen molar-refractivity contribution in [2.75, 3.05) is 6.61 Å². The Kier molecular flexibility index (Phi) is 5.89. The second kappa shape index (κ2) is 9.29. The summed E-state index contributed by atoms with van der Waals surface area (Å²) in [6.07, 6.45) is 1.73. The van der Waals surface area contributed by atoms with Gasteiger partial charge >= 0.3 is 0 Å². The summed E-state index contributed by atoms with van der Waals surface area (Å²) in [7, 11) is 1.85. The largest absolute Gasteiger partial charge is 0.375 e. The molecule has 1 atom stereocenters. The summed E-state index contributed by atoms with van der Waals surface area (Å²) < 4.78 is 22.0. The van der Waals surface area contributed by atoms with Crippen molar-refractivity contribution in [3.05, 3.63) is 94.7 Å². The minimum atomic E-state index is -0.790. The predicted molar refractivity (Wildman–Crippen MR) is 146 cm³/mol. The second-order valence-electron chi connectivity index (χ2n) is 10.3. The molecule has 1 aliphatic heterocycles. The van der Waals surface area contributed by atoms with Gasteiger partial charge in [0.1, 0.15) is 11.2 Å². The molecule has 2 aromatic carbocycles. The van der Waals surface area contributed by atoms with Crippen molar-refractivity contribution in [3.8, 4) is 17.3 Å². The third-order valence-electron chi connectivity index (χ3n) is 7.58. The maximum absolute atomic E-state index is 14.6. The number of ether oxygens (including phenoxy) is 1. The number of amides is 1. The average Bonchev–Trinajstić information content (AvgIpc) is 3.26. The molecule has 1 amide bonds. The van der Waals surface area contributed by atoms with Crippen molar-refractivity contribution >= 4 is 27.7 Å². The van der Waals surface area contributed by atoms with Gasteiger partial charge in [-0.3, -0.25) is 9.78 Å². The second-order valence-corrected chi connectivity index (χ2v) is 10.3. The average molecular weight is 520 g/mol. The zero-order valence-electron chi connectivity index (χ0n) is 21.9. The van der Waals surface area contributed by atoms with Crippen LogP contribution in [-0.2, 0) is 30.4 Å². The zero-order valence-corrected chi connectivity index (χ0v) is 21.9. The normalized spacial score (nSPS) is 16.7. The Morgan fingerprint density at radius 2 is 2.05 bits per heavy atom. The third kappa shape index (κ3) is 4.21. The fourth-order valence-corrected chi connectivity index (χ4v) is 5.24. The summed E-state index contributed by atoms with van der Waals surface area (Å²) in [4.78, 5) is 22.3. The molecule has 7 nitrogen and oxygen atoms in total. The van der Waals surface area contributed by atoms with E-state index in [4.69, 9.17) is 9.72 Å². The molecule has 1 aliphatic rings. The molecule has 6 rings (SSSR count). The molecular formula is C31H26FN5O2. The number of pyridine rings is 2. The predicted octanol–water partition coefficient (Wildman–Crippen LogP) is 5.48. The number of aryl methyl sites for hydroxylation is 2. The molecule has 1 unspecified atom stereocenters. The summed E-state index contributed by atoms with van der Waals surface area (Å²) in [5.74, 6) is -0.516. The zero-order chi connectivity index (χ0) is 27.3. The van der Waals surface area contributed by atoms with E-state index < -0.39 is 5.41 Å². The molecule has 0 bridgehead atoms. The van der Waals surface area contributed by atoms with Crippen LogP contribution in [0, 0.1) is 24.1 Å². The first-order valence-electron chi connectivity index (χ1n) is 12.7. The quantitative estimate of drug-likeness (QED) is 0.340. The standard InChI is InChI=1S/C31H26FN5O2/c1-18-10-24-23(7-8-26(32)29(24)37(18)3)27-9-6-20-13-34-22(12-28(20)36-27)14-35-30(38)19-4-5-21-15-39-17-31(2,16-33)25(21)11-19/h4-13H,14-15,17H2,1-3H3,(H,35,38). The number of fused-ring (bicyclic) bond motifs is 3. The molecular weight excluding hydrogens is 493 g/mol. The van der Waals surface area contributed by atoms with Crippen molar-refractivity contribution < 1.29 is 13.9 Å². The number of halogens is 1. The first-order valence-corrected chi connectivity index (χ1v) is 12.7. The topological polar surface area (TPSA) is 92.8 Å². The Morgan fingerprint density at radius 1 is 1.21 bits per heavy atom. The molecule has 0 aliphatic carbocycles. The number of hydrogen-bond donors (Lipinski definition) is 1. The molecule has 0 saturated carbocycles. The summed E-state index contributed by atoms with van der Waals surface area (Å²) in [6, 6.07) is 18.6. The summed E-state index contributed by atoms with van der Waals surface area (Å²) in [5.41, 5.74) is 5.93. The van der Waals surface area contributed by atoms with Gasteiger partial charge in [0.05, 0.1) is 48.2 Å². The lowest BCUT2D eigenvalue weighted by Crippen LogP contribution is -2.33. The molecule has 1 N–H and O–H groups in total. The van der Waals surface area contributed by atoms with Gasteiger partial charge in [0.15, 0.2) is 0 Å². The van der Waals surface area contributed by atoms with Gasteiger partial charge < -0.3 is 14.6 Å². The van der Waals surface area contributed by atoms with E-state index in [-0.39, 0.29) is 18.3 Å². The number of rotatable bonds is 4. The van der Waals surface area contributed by atoms with Crippen LogP contribution >= 0.6 is 0 Å². The van der Waals surface area contributed by atoms with Gasteiger partial charge in [-0.25, -0.2) is 9.37 Å². The van der Waals surface area contributed by atoms with Crippen LogP contribution in [0.15, 0.2) is 60.8 Å². The van der Waals surface area contributed by atoms with Gasteiger partial charge in [0.2, 0.25) is 0 Å². The number of carbonyl (C=O) groups excluding carboxylic acids is 1. The fraction of sp³-hybridized carbons (Fsp3) is 0.226. The van der Waals surface area contributed by atoms with Gasteiger partial charge in [0, 0.05) is 40.8 Å². The monoisotopic (exact) mass is 519 g/mol. The lowest BCUT2D eigenvalue weighted by Gasteiger charge is -2.30. The van der Waals surface area contributed by atoms with Crippen LogP contribution < -0.4 is 5.32 Å². The van der Waals surface area contributed by atoms with Crippen molar-refractivity contribution in [1.29, 1.82) is 5.26 Å². The molecule has 0 radical (unpaired) electrons. The summed E-state index contributed by atoms with van der Waals surface area (Å²) >= 11 is 0. The van der Waals surface area contributed by atoms with Crippen LogP contribution in [0.25, 0.3) is 33.1 Å². The highest BCUT2D eigenvalue weighted by Crippen LogP contribution is 2.33. The molecule has 0 saturated heterocycles. The highest BCUT2D eigenvalue weighted by Gasteiger charge is 2.33. The smallest absolute Gasteiger partial charge is 0.251 e. The minimum absolute atomic E-state index is 0.217. The van der Waals surface area contributed by atoms with Gasteiger partial charge in [-0.15, -0.1) is 0 Å². The molecule has 0 fully saturated rings. The summed E-state index contributed by atoms with van der Waals surface area (Å²) in [5, 5.41) is 14.3. The number of hydrogen-bond acceptors (Lipinski definition) is 5. The van der Waals surface area contributed by atoms with E-state index in [9.17, 15) is 14.4 Å². The molecule has 194 valence electrons. The Balaban J connectivity index is 1.26. The van der Waals surface area contributed by atoms with E-state index in [1.54, 1.807) is 24.4 Å². The van der Waals surface area contributed by atoms with Crippen molar-refractivity contribution in [2.24, 2.45) is 7.05 Å². The molecule has 39 heavy (non-hydrogen) atoms. The number of nitriles is 1. The Hall–Kier alpha value is -4.61. The number of aromatic nitrogens is 3. The lowest BCUT2D eigenvalue weighted by molar-refractivity contribution is 0.0757. The van der Waals surface area contributed by atoms with Crippen LogP contribution in [0.5, 0.6) is 0 Å². The first kappa shape index (κ1) is 24.7. The number of nitrogens with one attached hydrogen (secondary N) is 1.